The van der Waals surface area contributed by atoms with Crippen molar-refractivity contribution in [3.05, 3.63) is 50.6 Å². The number of hydrogen-bond acceptors (Lipinski definition) is 3. The van der Waals surface area contributed by atoms with Crippen molar-refractivity contribution >= 4 is 33.2 Å². The molecular formula is C14H14BrNO2S. The Hall–Kier alpha value is -1.33. The third kappa shape index (κ3) is 3.36. The van der Waals surface area contributed by atoms with Gasteiger partial charge in [0.15, 0.2) is 0 Å². The summed E-state index contributed by atoms with van der Waals surface area (Å²) in [6.45, 7) is 0.617. The minimum Gasteiger partial charge on any atom is -0.496 e. The molecule has 1 aromatic carbocycles. The summed E-state index contributed by atoms with van der Waals surface area (Å²) in [5.41, 5.74) is 1.79. The molecule has 0 N–H and O–H groups in total. The second-order valence-corrected chi connectivity index (χ2v) is 5.78. The van der Waals surface area contributed by atoms with Crippen LogP contribution in [0.15, 0.2) is 39.5 Å². The minimum absolute atomic E-state index is 0.00504. The maximum atomic E-state index is 12.3. The number of methoxy groups -OCH3 is 1. The molecule has 0 radical (unpaired) electrons. The van der Waals surface area contributed by atoms with Crippen molar-refractivity contribution in [1.82, 2.24) is 4.90 Å². The third-order valence-electron chi connectivity index (χ3n) is 2.75. The Bertz CT molecular complexity index is 569. The normalized spacial score (nSPS) is 10.3. The molecule has 1 heterocycles. The number of halogens is 1. The van der Waals surface area contributed by atoms with E-state index >= 15 is 0 Å². The predicted molar refractivity (Wildman–Crippen MR) is 80.8 cm³/mol. The van der Waals surface area contributed by atoms with Gasteiger partial charge in [-0.05, 0) is 56.5 Å². The average molecular weight is 340 g/mol. The van der Waals surface area contributed by atoms with Gasteiger partial charge in [-0.3, -0.25) is 4.79 Å². The Balaban J connectivity index is 2.12. The molecule has 1 aromatic heterocycles. The van der Waals surface area contributed by atoms with E-state index in [1.165, 1.54) is 0 Å². The summed E-state index contributed by atoms with van der Waals surface area (Å²) in [4.78, 5) is 14.0. The lowest BCUT2D eigenvalue weighted by Crippen LogP contribution is -2.25. The molecular weight excluding hydrogens is 326 g/mol. The van der Waals surface area contributed by atoms with Gasteiger partial charge in [-0.2, -0.15) is 11.3 Å². The molecule has 0 atom stereocenters. The number of carbonyl (C=O) groups excluding carboxylic acids is 1. The Labute approximate surface area is 124 Å². The van der Waals surface area contributed by atoms with Crippen molar-refractivity contribution in [2.45, 2.75) is 6.54 Å². The zero-order valence-electron chi connectivity index (χ0n) is 10.7. The smallest absolute Gasteiger partial charge is 0.253 e. The van der Waals surface area contributed by atoms with Crippen LogP contribution in [0.5, 0.6) is 5.75 Å². The summed E-state index contributed by atoms with van der Waals surface area (Å²) < 4.78 is 5.94. The molecule has 5 heteroatoms. The number of rotatable bonds is 4. The second-order valence-electron chi connectivity index (χ2n) is 4.14. The van der Waals surface area contributed by atoms with Crippen molar-refractivity contribution in [3.63, 3.8) is 0 Å². The first-order valence-electron chi connectivity index (χ1n) is 5.72. The molecule has 19 heavy (non-hydrogen) atoms. The van der Waals surface area contributed by atoms with Crippen molar-refractivity contribution in [2.24, 2.45) is 0 Å². The highest BCUT2D eigenvalue weighted by Crippen LogP contribution is 2.26. The number of amides is 1. The van der Waals surface area contributed by atoms with Gasteiger partial charge in [-0.1, -0.05) is 0 Å². The lowest BCUT2D eigenvalue weighted by Gasteiger charge is -2.17. The van der Waals surface area contributed by atoms with Gasteiger partial charge in [0.05, 0.1) is 11.6 Å². The summed E-state index contributed by atoms with van der Waals surface area (Å²) in [6.07, 6.45) is 0. The van der Waals surface area contributed by atoms with Crippen LogP contribution in [-0.2, 0) is 6.54 Å². The molecule has 3 nitrogen and oxygen atoms in total. The van der Waals surface area contributed by atoms with E-state index in [4.69, 9.17) is 4.74 Å². The second kappa shape index (κ2) is 6.21. The van der Waals surface area contributed by atoms with Crippen LogP contribution in [0.3, 0.4) is 0 Å². The summed E-state index contributed by atoms with van der Waals surface area (Å²) in [6, 6.07) is 7.37. The fourth-order valence-electron chi connectivity index (χ4n) is 1.75. The summed E-state index contributed by atoms with van der Waals surface area (Å²) in [7, 11) is 3.41. The van der Waals surface area contributed by atoms with Gasteiger partial charge in [0.25, 0.3) is 5.91 Å². The minimum atomic E-state index is -0.00504. The summed E-state index contributed by atoms with van der Waals surface area (Å²) >= 11 is 5.03. The van der Waals surface area contributed by atoms with Crippen LogP contribution in [0.4, 0.5) is 0 Å². The number of ether oxygens (including phenoxy) is 1. The lowest BCUT2D eigenvalue weighted by atomic mass is 10.2. The van der Waals surface area contributed by atoms with Gasteiger partial charge in [0.1, 0.15) is 5.75 Å². The van der Waals surface area contributed by atoms with Crippen molar-refractivity contribution in [2.75, 3.05) is 14.2 Å². The highest BCUT2D eigenvalue weighted by Gasteiger charge is 2.13. The molecule has 0 bridgehead atoms. The third-order valence-corrected chi connectivity index (χ3v) is 4.10. The number of thiophene rings is 1. The number of nitrogens with zero attached hydrogens (tertiary/aromatic N) is 1. The van der Waals surface area contributed by atoms with Crippen LogP contribution < -0.4 is 4.74 Å². The Morgan fingerprint density at radius 2 is 2.21 bits per heavy atom. The van der Waals surface area contributed by atoms with E-state index in [9.17, 15) is 4.79 Å². The molecule has 0 spiro atoms. The molecule has 2 rings (SSSR count). The van der Waals surface area contributed by atoms with Crippen molar-refractivity contribution < 1.29 is 9.53 Å². The van der Waals surface area contributed by atoms with Crippen LogP contribution in [0, 0.1) is 0 Å². The highest BCUT2D eigenvalue weighted by molar-refractivity contribution is 9.10. The largest absolute Gasteiger partial charge is 0.496 e. The summed E-state index contributed by atoms with van der Waals surface area (Å²) in [5, 5.41) is 4.06. The lowest BCUT2D eigenvalue weighted by molar-refractivity contribution is 0.0785. The monoisotopic (exact) mass is 339 g/mol. The number of benzene rings is 1. The van der Waals surface area contributed by atoms with Gasteiger partial charge < -0.3 is 9.64 Å². The molecule has 0 aliphatic carbocycles. The van der Waals surface area contributed by atoms with Gasteiger partial charge in [-0.15, -0.1) is 0 Å². The van der Waals surface area contributed by atoms with Gasteiger partial charge in [-0.25, -0.2) is 0 Å². The highest BCUT2D eigenvalue weighted by atomic mass is 79.9. The van der Waals surface area contributed by atoms with Crippen LogP contribution in [0.2, 0.25) is 0 Å². The molecule has 0 aliphatic heterocycles. The zero-order chi connectivity index (χ0) is 13.8. The summed E-state index contributed by atoms with van der Waals surface area (Å²) in [5.74, 6) is 0.714. The SMILES string of the molecule is COc1ccc(C(=O)N(C)Cc2ccsc2)cc1Br. The van der Waals surface area contributed by atoms with Crippen LogP contribution in [0.25, 0.3) is 0 Å². The first kappa shape index (κ1) is 14.1. The van der Waals surface area contributed by atoms with E-state index in [-0.39, 0.29) is 5.91 Å². The maximum Gasteiger partial charge on any atom is 0.253 e. The van der Waals surface area contributed by atoms with Gasteiger partial charge >= 0.3 is 0 Å². The quantitative estimate of drug-likeness (QED) is 0.847. The van der Waals surface area contributed by atoms with E-state index in [0.29, 0.717) is 12.1 Å². The molecule has 0 saturated heterocycles. The molecule has 2 aromatic rings. The Morgan fingerprint density at radius 3 is 2.79 bits per heavy atom. The molecule has 0 aliphatic rings. The number of carbonyl (C=O) groups is 1. The van der Waals surface area contributed by atoms with Crippen molar-refractivity contribution in [1.29, 1.82) is 0 Å². The van der Waals surface area contributed by atoms with E-state index in [0.717, 1.165) is 15.8 Å². The molecule has 0 unspecified atom stereocenters. The van der Waals surface area contributed by atoms with Gasteiger partial charge in [0, 0.05) is 19.2 Å². The molecule has 0 fully saturated rings. The fraction of sp³-hybridized carbons (Fsp3) is 0.214. The predicted octanol–water partition coefficient (Wildman–Crippen LogP) is 3.79. The fourth-order valence-corrected chi connectivity index (χ4v) is 2.95. The van der Waals surface area contributed by atoms with Crippen LogP contribution in [0.1, 0.15) is 15.9 Å². The average Bonchev–Trinajstić information content (AvgIpc) is 2.90. The first-order chi connectivity index (χ1) is 9.11. The van der Waals surface area contributed by atoms with Crippen LogP contribution >= 0.6 is 27.3 Å². The van der Waals surface area contributed by atoms with E-state index < -0.39 is 0 Å². The molecule has 0 saturated carbocycles. The zero-order valence-corrected chi connectivity index (χ0v) is 13.1. The topological polar surface area (TPSA) is 29.5 Å². The van der Waals surface area contributed by atoms with Crippen LogP contribution in [-0.4, -0.2) is 25.0 Å². The van der Waals surface area contributed by atoms with Gasteiger partial charge in [0.2, 0.25) is 0 Å². The van der Waals surface area contributed by atoms with Crippen molar-refractivity contribution in [3.8, 4) is 5.75 Å². The number of hydrogen-bond donors (Lipinski definition) is 0. The van der Waals surface area contributed by atoms with E-state index in [1.807, 2.05) is 16.8 Å². The van der Waals surface area contributed by atoms with E-state index in [1.54, 1.807) is 48.6 Å². The maximum absolute atomic E-state index is 12.3. The first-order valence-corrected chi connectivity index (χ1v) is 7.45. The Morgan fingerprint density at radius 1 is 1.42 bits per heavy atom. The molecule has 1 amide bonds. The van der Waals surface area contributed by atoms with E-state index in [2.05, 4.69) is 15.9 Å². The Kier molecular flexibility index (Phi) is 4.61. The molecule has 100 valence electrons. The standard InChI is InChI=1S/C14H14BrNO2S/c1-16(8-10-5-6-19-9-10)14(17)11-3-4-13(18-2)12(15)7-11/h3-7,9H,8H2,1-2H3.